The topological polar surface area (TPSA) is 51.2 Å². The third kappa shape index (κ3) is 2.99. The molecule has 110 valence electrons. The molecule has 0 saturated carbocycles. The lowest BCUT2D eigenvalue weighted by atomic mass is 10.1. The molecule has 0 spiro atoms. The Morgan fingerprint density at radius 1 is 1.14 bits per heavy atom. The monoisotopic (exact) mass is 310 g/mol. The van der Waals surface area contributed by atoms with Crippen molar-refractivity contribution in [2.75, 3.05) is 12.4 Å². The van der Waals surface area contributed by atoms with E-state index in [4.69, 9.17) is 4.74 Å². The zero-order chi connectivity index (χ0) is 15.4. The zero-order valence-corrected chi connectivity index (χ0v) is 12.8. The lowest BCUT2D eigenvalue weighted by molar-refractivity contribution is 0.102. The number of rotatable bonds is 4. The van der Waals surface area contributed by atoms with E-state index in [2.05, 4.69) is 10.3 Å². The summed E-state index contributed by atoms with van der Waals surface area (Å²) in [7, 11) is 1.61. The second-order valence-corrected chi connectivity index (χ2v) is 5.51. The van der Waals surface area contributed by atoms with Gasteiger partial charge < -0.3 is 10.1 Å². The van der Waals surface area contributed by atoms with Crippen molar-refractivity contribution in [3.63, 3.8) is 0 Å². The van der Waals surface area contributed by atoms with E-state index in [1.807, 2.05) is 17.5 Å². The number of ether oxygens (including phenoxy) is 1. The van der Waals surface area contributed by atoms with Gasteiger partial charge in [0, 0.05) is 11.9 Å². The van der Waals surface area contributed by atoms with E-state index in [1.165, 1.54) is 0 Å². The van der Waals surface area contributed by atoms with Crippen LogP contribution >= 0.6 is 11.3 Å². The number of methoxy groups -OCH3 is 1. The van der Waals surface area contributed by atoms with Crippen LogP contribution in [0.5, 0.6) is 5.75 Å². The van der Waals surface area contributed by atoms with E-state index in [1.54, 1.807) is 61.0 Å². The second kappa shape index (κ2) is 6.41. The number of hydrogen-bond donors (Lipinski definition) is 1. The van der Waals surface area contributed by atoms with Crippen LogP contribution in [0.2, 0.25) is 0 Å². The number of anilines is 1. The summed E-state index contributed by atoms with van der Waals surface area (Å²) in [6.45, 7) is 0. The van der Waals surface area contributed by atoms with Crippen LogP contribution in [0.1, 0.15) is 10.4 Å². The van der Waals surface area contributed by atoms with Crippen molar-refractivity contribution in [1.82, 2.24) is 4.98 Å². The van der Waals surface area contributed by atoms with E-state index in [-0.39, 0.29) is 5.91 Å². The highest BCUT2D eigenvalue weighted by atomic mass is 32.1. The number of nitrogens with zero attached hydrogens (tertiary/aromatic N) is 1. The summed E-state index contributed by atoms with van der Waals surface area (Å²) < 4.78 is 5.11. The van der Waals surface area contributed by atoms with Crippen molar-refractivity contribution in [3.05, 3.63) is 65.7 Å². The Hall–Kier alpha value is -2.66. The highest BCUT2D eigenvalue weighted by molar-refractivity contribution is 7.13. The fourth-order valence-electron chi connectivity index (χ4n) is 2.07. The maximum atomic E-state index is 12.5. The fraction of sp³-hybridized carbons (Fsp3) is 0.0588. The molecule has 4 nitrogen and oxygen atoms in total. The molecule has 1 amide bonds. The summed E-state index contributed by atoms with van der Waals surface area (Å²) in [4.78, 5) is 17.8. The number of carbonyl (C=O) groups is 1. The minimum atomic E-state index is -0.179. The Labute approximate surface area is 132 Å². The molecule has 0 unspecified atom stereocenters. The summed E-state index contributed by atoms with van der Waals surface area (Å²) in [5, 5.41) is 4.85. The minimum Gasteiger partial charge on any atom is -0.497 e. The minimum absolute atomic E-state index is 0.179. The molecule has 0 atom stereocenters. The van der Waals surface area contributed by atoms with Crippen molar-refractivity contribution in [2.24, 2.45) is 0 Å². The number of pyridine rings is 1. The Balaban J connectivity index is 1.86. The lowest BCUT2D eigenvalue weighted by Crippen LogP contribution is -2.13. The van der Waals surface area contributed by atoms with Crippen LogP contribution < -0.4 is 10.1 Å². The third-order valence-electron chi connectivity index (χ3n) is 3.15. The van der Waals surface area contributed by atoms with Gasteiger partial charge in [-0.25, -0.2) is 0 Å². The molecule has 5 heteroatoms. The molecular weight excluding hydrogens is 296 g/mol. The predicted molar refractivity (Wildman–Crippen MR) is 88.5 cm³/mol. The predicted octanol–water partition coefficient (Wildman–Crippen LogP) is 4.07. The average molecular weight is 310 g/mol. The van der Waals surface area contributed by atoms with Crippen LogP contribution in [0.25, 0.3) is 10.6 Å². The first kappa shape index (κ1) is 14.3. The normalized spacial score (nSPS) is 10.2. The molecule has 3 aromatic rings. The number of carbonyl (C=O) groups excluding carboxylic acids is 1. The molecule has 0 fully saturated rings. The van der Waals surface area contributed by atoms with E-state index in [9.17, 15) is 4.79 Å². The molecule has 0 aliphatic heterocycles. The Kier molecular flexibility index (Phi) is 4.16. The number of nitrogens with one attached hydrogen (secondary N) is 1. The van der Waals surface area contributed by atoms with E-state index in [0.29, 0.717) is 16.9 Å². The SMILES string of the molecule is COc1ccc(NC(=O)c2cccnc2-c2cccs2)cc1. The second-order valence-electron chi connectivity index (χ2n) is 4.56. The molecule has 0 radical (unpaired) electrons. The molecular formula is C17H14N2O2S. The first-order valence-corrected chi connectivity index (χ1v) is 7.60. The quantitative estimate of drug-likeness (QED) is 0.790. The van der Waals surface area contributed by atoms with E-state index in [0.717, 1.165) is 10.6 Å². The van der Waals surface area contributed by atoms with Gasteiger partial charge in [-0.1, -0.05) is 6.07 Å². The van der Waals surface area contributed by atoms with E-state index < -0.39 is 0 Å². The number of aromatic nitrogens is 1. The van der Waals surface area contributed by atoms with Gasteiger partial charge in [0.05, 0.1) is 23.2 Å². The smallest absolute Gasteiger partial charge is 0.257 e. The van der Waals surface area contributed by atoms with E-state index >= 15 is 0 Å². The number of benzene rings is 1. The van der Waals surface area contributed by atoms with Crippen LogP contribution in [0, 0.1) is 0 Å². The standard InChI is InChI=1S/C17H14N2O2S/c1-21-13-8-6-12(7-9-13)19-17(20)14-4-2-10-18-16(14)15-5-3-11-22-15/h2-11H,1H3,(H,19,20). The maximum absolute atomic E-state index is 12.5. The van der Waals surface area contributed by atoms with Gasteiger partial charge in [0.25, 0.3) is 5.91 Å². The van der Waals surface area contributed by atoms with Gasteiger partial charge >= 0.3 is 0 Å². The maximum Gasteiger partial charge on any atom is 0.257 e. The van der Waals surface area contributed by atoms with Gasteiger partial charge in [-0.05, 0) is 47.8 Å². The zero-order valence-electron chi connectivity index (χ0n) is 11.9. The van der Waals surface area contributed by atoms with Crippen molar-refractivity contribution >= 4 is 22.9 Å². The summed E-state index contributed by atoms with van der Waals surface area (Å²) in [6.07, 6.45) is 1.69. The Bertz CT molecular complexity index is 768. The van der Waals surface area contributed by atoms with Crippen molar-refractivity contribution < 1.29 is 9.53 Å². The van der Waals surface area contributed by atoms with Crippen LogP contribution in [0.3, 0.4) is 0 Å². The fourth-order valence-corrected chi connectivity index (χ4v) is 2.81. The van der Waals surface area contributed by atoms with Crippen LogP contribution in [0.4, 0.5) is 5.69 Å². The summed E-state index contributed by atoms with van der Waals surface area (Å²) in [5.74, 6) is 0.570. The summed E-state index contributed by atoms with van der Waals surface area (Å²) >= 11 is 1.56. The van der Waals surface area contributed by atoms with Crippen LogP contribution in [-0.4, -0.2) is 18.0 Å². The largest absolute Gasteiger partial charge is 0.497 e. The highest BCUT2D eigenvalue weighted by Crippen LogP contribution is 2.26. The molecule has 0 aliphatic rings. The van der Waals surface area contributed by atoms with Gasteiger partial charge in [0.1, 0.15) is 5.75 Å². The van der Waals surface area contributed by atoms with Gasteiger partial charge in [-0.15, -0.1) is 11.3 Å². The van der Waals surface area contributed by atoms with Gasteiger partial charge in [-0.2, -0.15) is 0 Å². The molecule has 2 aromatic heterocycles. The molecule has 1 aromatic carbocycles. The first-order valence-electron chi connectivity index (χ1n) is 6.72. The van der Waals surface area contributed by atoms with Crippen molar-refractivity contribution in [1.29, 1.82) is 0 Å². The van der Waals surface area contributed by atoms with Gasteiger partial charge in [-0.3, -0.25) is 9.78 Å². The average Bonchev–Trinajstić information content (AvgIpc) is 3.10. The molecule has 2 heterocycles. The Morgan fingerprint density at radius 2 is 1.95 bits per heavy atom. The van der Waals surface area contributed by atoms with Gasteiger partial charge in [0.15, 0.2) is 0 Å². The number of amides is 1. The molecule has 0 bridgehead atoms. The van der Waals surface area contributed by atoms with Crippen molar-refractivity contribution in [2.45, 2.75) is 0 Å². The highest BCUT2D eigenvalue weighted by Gasteiger charge is 2.14. The van der Waals surface area contributed by atoms with Gasteiger partial charge in [0.2, 0.25) is 0 Å². The molecule has 22 heavy (non-hydrogen) atoms. The van der Waals surface area contributed by atoms with Crippen LogP contribution in [0.15, 0.2) is 60.1 Å². The first-order chi connectivity index (χ1) is 10.8. The number of thiophene rings is 1. The Morgan fingerprint density at radius 3 is 2.64 bits per heavy atom. The third-order valence-corrected chi connectivity index (χ3v) is 4.03. The van der Waals surface area contributed by atoms with Crippen LogP contribution in [-0.2, 0) is 0 Å². The van der Waals surface area contributed by atoms with Crippen molar-refractivity contribution in [3.8, 4) is 16.3 Å². The lowest BCUT2D eigenvalue weighted by Gasteiger charge is -2.09. The molecule has 0 aliphatic carbocycles. The number of hydrogen-bond acceptors (Lipinski definition) is 4. The molecule has 3 rings (SSSR count). The summed E-state index contributed by atoms with van der Waals surface area (Å²) in [6, 6.07) is 14.7. The molecule has 0 saturated heterocycles. The molecule has 1 N–H and O–H groups in total. The summed E-state index contributed by atoms with van der Waals surface area (Å²) in [5.41, 5.74) is 1.97.